The van der Waals surface area contributed by atoms with Crippen molar-refractivity contribution in [1.82, 2.24) is 25.4 Å². The van der Waals surface area contributed by atoms with Crippen molar-refractivity contribution in [3.8, 4) is 0 Å². The lowest BCUT2D eigenvalue weighted by Gasteiger charge is -2.24. The summed E-state index contributed by atoms with van der Waals surface area (Å²) in [5.74, 6) is -3.27. The Labute approximate surface area is 512 Å². The van der Waals surface area contributed by atoms with Gasteiger partial charge in [0.15, 0.2) is 0 Å². The van der Waals surface area contributed by atoms with Gasteiger partial charge < -0.3 is 56.0 Å². The van der Waals surface area contributed by atoms with Gasteiger partial charge in [0.1, 0.15) is 50.8 Å². The van der Waals surface area contributed by atoms with E-state index in [1.807, 2.05) is 0 Å². The SMILES string of the molecule is C=C[C@@H]1C[C@]1(N)C(=O)NS(=O)(=O)c1ccccc1NCCCCCCC[C@H](NC(=O)OC1CCCC1)C(=O)OC.C=C[C@@H]1C[C@]1(NC(=O)OC(C)(C)C)C(=O)NS(=O)(=O)c1ccccc1NCCCCCCC[C@H](NC(=O)OC1CCCC1)C(=O)OC. The number of para-hydroxylation sites is 2. The maximum atomic E-state index is 13.3. The molecular formula is C61H92N8O16S2. The van der Waals surface area contributed by atoms with E-state index < -0.39 is 96.8 Å². The van der Waals surface area contributed by atoms with Crippen LogP contribution in [0, 0.1) is 11.8 Å². The first kappa shape index (κ1) is 70.8. The van der Waals surface area contributed by atoms with Crippen molar-refractivity contribution in [2.45, 2.75) is 213 Å². The number of methoxy groups -OCH3 is 2. The number of hydrogen-bond acceptors (Lipinski definition) is 19. The number of benzene rings is 2. The lowest BCUT2D eigenvalue weighted by Crippen LogP contribution is -2.52. The van der Waals surface area contributed by atoms with Crippen molar-refractivity contribution in [3.05, 3.63) is 73.8 Å². The normalized spacial score (nSPS) is 20.5. The van der Waals surface area contributed by atoms with Crippen molar-refractivity contribution in [2.24, 2.45) is 17.6 Å². The van der Waals surface area contributed by atoms with Crippen molar-refractivity contribution in [2.75, 3.05) is 37.9 Å². The molecule has 9 N–H and O–H groups in total. The molecule has 0 bridgehead atoms. The monoisotopic (exact) mass is 1260 g/mol. The van der Waals surface area contributed by atoms with Crippen molar-refractivity contribution >= 4 is 73.5 Å². The first-order valence-electron chi connectivity index (χ1n) is 30.3. The first-order valence-corrected chi connectivity index (χ1v) is 33.2. The summed E-state index contributed by atoms with van der Waals surface area (Å²) in [6, 6.07) is 11.2. The van der Waals surface area contributed by atoms with E-state index in [2.05, 4.69) is 49.2 Å². The molecule has 0 aromatic heterocycles. The Morgan fingerprint density at radius 1 is 0.586 bits per heavy atom. The number of hydrogen-bond donors (Lipinski definition) is 8. The van der Waals surface area contributed by atoms with Crippen LogP contribution in [0.25, 0.3) is 0 Å². The molecule has 4 saturated carbocycles. The summed E-state index contributed by atoms with van der Waals surface area (Å²) < 4.78 is 82.4. The number of carbonyl (C=O) groups is 7. The Morgan fingerprint density at radius 3 is 1.38 bits per heavy atom. The third-order valence-electron chi connectivity index (χ3n) is 15.7. The Morgan fingerprint density at radius 2 is 0.989 bits per heavy atom. The van der Waals surface area contributed by atoms with Crippen LogP contribution in [-0.4, -0.2) is 127 Å². The average molecular weight is 1260 g/mol. The Kier molecular flexibility index (Phi) is 27.2. The topological polar surface area (TPSA) is 344 Å². The molecule has 4 aliphatic carbocycles. The molecule has 0 unspecified atom stereocenters. The van der Waals surface area contributed by atoms with E-state index in [0.717, 1.165) is 109 Å². The van der Waals surface area contributed by atoms with Crippen molar-refractivity contribution < 1.29 is 74.1 Å². The number of sulfonamides is 2. The standard InChI is InChI=1S/C33H50N4O9S.C28H42N4O7S/c1-6-23-22-33(23,36-31(41)46-32(2,3)4)29(39)37-47(42,43)27-20-14-13-18-25(27)34-21-15-9-7-8-10-19-26(28(38)44-5)35-30(40)45-24-16-11-12-17-24;1-3-20-19-28(20,29)26(34)32-40(36,37)24-17-11-10-15-22(24)30-18-12-6-4-5-7-16-23(25(33)38-2)31-27(35)39-21-13-8-9-14-21/h6,13-14,18,20,23-24,26,34H,1,7-12,15-17,19,21-22H2,2-5H3,(H,35,40)(H,36,41)(H,37,39);3,10-11,15,17,20-21,23,30H,1,4-9,12-14,16,18-19,29H2,2H3,(H,31,35)(H,32,34)/t23-,26+,33-;20-,23+,28-/m11/s1. The molecular weight excluding hydrogens is 1160 g/mol. The van der Waals surface area contributed by atoms with Gasteiger partial charge in [0.25, 0.3) is 31.9 Å². The Balaban J connectivity index is 0.000000321. The zero-order valence-electron chi connectivity index (χ0n) is 51.0. The van der Waals surface area contributed by atoms with Crippen LogP contribution in [-0.2, 0) is 62.9 Å². The van der Waals surface area contributed by atoms with Gasteiger partial charge in [-0.05, 0) is 135 Å². The molecule has 484 valence electrons. The minimum atomic E-state index is -4.29. The summed E-state index contributed by atoms with van der Waals surface area (Å²) in [5.41, 5.74) is 3.24. The maximum absolute atomic E-state index is 13.3. The van der Waals surface area contributed by atoms with E-state index in [1.54, 1.807) is 63.2 Å². The highest BCUT2D eigenvalue weighted by atomic mass is 32.2. The van der Waals surface area contributed by atoms with Gasteiger partial charge in [0, 0.05) is 24.9 Å². The number of esters is 2. The lowest BCUT2D eigenvalue weighted by molar-refractivity contribution is -0.144. The maximum Gasteiger partial charge on any atom is 0.408 e. The van der Waals surface area contributed by atoms with E-state index in [1.165, 1.54) is 32.4 Å². The quantitative estimate of drug-likeness (QED) is 0.0144. The minimum Gasteiger partial charge on any atom is -0.467 e. The van der Waals surface area contributed by atoms with Crippen LogP contribution >= 0.6 is 0 Å². The van der Waals surface area contributed by atoms with E-state index >= 15 is 0 Å². The molecule has 2 aromatic rings. The van der Waals surface area contributed by atoms with Crippen molar-refractivity contribution in [1.29, 1.82) is 0 Å². The van der Waals surface area contributed by atoms with Crippen LogP contribution in [0.4, 0.5) is 25.8 Å². The van der Waals surface area contributed by atoms with E-state index in [9.17, 15) is 50.4 Å². The molecule has 6 atom stereocenters. The summed E-state index contributed by atoms with van der Waals surface area (Å²) in [4.78, 5) is 86.6. The Hall–Kier alpha value is -6.93. The zero-order valence-corrected chi connectivity index (χ0v) is 52.7. The number of anilines is 2. The van der Waals surface area contributed by atoms with Gasteiger partial charge in [-0.2, -0.15) is 0 Å². The van der Waals surface area contributed by atoms with Crippen LogP contribution in [0.3, 0.4) is 0 Å². The van der Waals surface area contributed by atoms with Gasteiger partial charge in [-0.1, -0.05) is 87.8 Å². The predicted octanol–water partition coefficient (Wildman–Crippen LogP) is 8.28. The smallest absolute Gasteiger partial charge is 0.408 e. The second-order valence-electron chi connectivity index (χ2n) is 23.6. The van der Waals surface area contributed by atoms with Gasteiger partial charge in [-0.15, -0.1) is 13.2 Å². The Bertz CT molecular complexity index is 2910. The highest BCUT2D eigenvalue weighted by molar-refractivity contribution is 7.90. The minimum absolute atomic E-state index is 0.0180. The predicted molar refractivity (Wildman–Crippen MR) is 327 cm³/mol. The summed E-state index contributed by atoms with van der Waals surface area (Å²) >= 11 is 0. The lowest BCUT2D eigenvalue weighted by atomic mass is 10.1. The number of unbranched alkanes of at least 4 members (excludes halogenated alkanes) is 8. The van der Waals surface area contributed by atoms with E-state index in [-0.39, 0.29) is 34.3 Å². The average Bonchev–Trinajstić information content (AvgIpc) is 1.62. The number of ether oxygens (including phenoxy) is 5. The fraction of sp³-hybridized carbons (Fsp3) is 0.623. The molecule has 0 radical (unpaired) electrons. The summed E-state index contributed by atoms with van der Waals surface area (Å²) in [7, 11) is -5.81. The molecule has 0 spiro atoms. The van der Waals surface area contributed by atoms with E-state index in [4.69, 9.17) is 29.4 Å². The summed E-state index contributed by atoms with van der Waals surface area (Å²) in [6.45, 7) is 13.4. The number of carbonyl (C=O) groups excluding carboxylic acids is 7. The molecule has 0 heterocycles. The first-order chi connectivity index (χ1) is 41.3. The molecule has 87 heavy (non-hydrogen) atoms. The fourth-order valence-corrected chi connectivity index (χ4v) is 13.0. The second kappa shape index (κ2) is 33.4. The molecule has 0 aliphatic heterocycles. The van der Waals surface area contributed by atoms with Gasteiger partial charge >= 0.3 is 30.2 Å². The molecule has 5 amide bonds. The third kappa shape index (κ3) is 22.3. The molecule has 0 saturated heterocycles. The molecule has 26 heteroatoms. The van der Waals surface area contributed by atoms with Crippen LogP contribution in [0.5, 0.6) is 0 Å². The van der Waals surface area contributed by atoms with Crippen LogP contribution < -0.4 is 41.8 Å². The number of rotatable bonds is 33. The highest BCUT2D eigenvalue weighted by Gasteiger charge is 2.61. The number of alkyl carbamates (subject to hydrolysis) is 3. The highest BCUT2D eigenvalue weighted by Crippen LogP contribution is 2.45. The number of amides is 5. The number of nitrogens with one attached hydrogen (secondary N) is 7. The van der Waals surface area contributed by atoms with Crippen LogP contribution in [0.2, 0.25) is 0 Å². The van der Waals surface area contributed by atoms with Crippen molar-refractivity contribution in [3.63, 3.8) is 0 Å². The number of nitrogens with two attached hydrogens (primary N) is 1. The molecule has 4 fully saturated rings. The zero-order chi connectivity index (χ0) is 63.8. The summed E-state index contributed by atoms with van der Waals surface area (Å²) in [5, 5.41) is 14.1. The van der Waals surface area contributed by atoms with Crippen LogP contribution in [0.1, 0.15) is 162 Å². The van der Waals surface area contributed by atoms with Gasteiger partial charge in [-0.25, -0.2) is 50.3 Å². The largest absolute Gasteiger partial charge is 0.467 e. The molecule has 24 nitrogen and oxygen atoms in total. The second-order valence-corrected chi connectivity index (χ2v) is 26.9. The van der Waals surface area contributed by atoms with E-state index in [0.29, 0.717) is 50.1 Å². The van der Waals surface area contributed by atoms with Crippen LogP contribution in [0.15, 0.2) is 83.6 Å². The third-order valence-corrected chi connectivity index (χ3v) is 18.5. The summed E-state index contributed by atoms with van der Waals surface area (Å²) in [6.07, 6.45) is 18.1. The van der Waals surface area contributed by atoms with Gasteiger partial charge in [0.05, 0.1) is 25.6 Å². The fourth-order valence-electron chi connectivity index (χ4n) is 10.5. The molecule has 4 aliphatic rings. The van der Waals surface area contributed by atoms with Gasteiger partial charge in [0.2, 0.25) is 0 Å². The molecule has 2 aromatic carbocycles. The van der Waals surface area contributed by atoms with Gasteiger partial charge in [-0.3, -0.25) is 9.59 Å². The molecule has 6 rings (SSSR count).